The molecule has 2 rings (SSSR count). The van der Waals surface area contributed by atoms with Gasteiger partial charge in [0.1, 0.15) is 5.82 Å². The van der Waals surface area contributed by atoms with E-state index in [0.29, 0.717) is 0 Å². The summed E-state index contributed by atoms with van der Waals surface area (Å²) in [6.45, 7) is 2.29. The van der Waals surface area contributed by atoms with Gasteiger partial charge in [0.2, 0.25) is 0 Å². The Bertz CT molecular complexity index is 685. The van der Waals surface area contributed by atoms with Crippen molar-refractivity contribution in [1.82, 2.24) is 5.32 Å². The van der Waals surface area contributed by atoms with Gasteiger partial charge in [-0.25, -0.2) is 4.39 Å². The Morgan fingerprint density at radius 2 is 2.19 bits per heavy atom. The van der Waals surface area contributed by atoms with Crippen molar-refractivity contribution in [3.8, 4) is 0 Å². The summed E-state index contributed by atoms with van der Waals surface area (Å²) in [5, 5.41) is 15.2. The smallest absolute Gasteiger partial charge is 0.270 e. The third-order valence-electron chi connectivity index (χ3n) is 3.03. The van der Waals surface area contributed by atoms with Gasteiger partial charge >= 0.3 is 0 Å². The molecule has 1 heterocycles. The summed E-state index contributed by atoms with van der Waals surface area (Å²) in [5.74, 6) is -1.44. The number of carbonyl (C=O) groups excluding carboxylic acids is 1. The maximum Gasteiger partial charge on any atom is 0.270 e. The Hall–Kier alpha value is -2.28. The number of hydrogen-bond acceptors (Lipinski definition) is 4. The van der Waals surface area contributed by atoms with Gasteiger partial charge in [-0.2, -0.15) is 0 Å². The lowest BCUT2D eigenvalue weighted by atomic mass is 10.1. The van der Waals surface area contributed by atoms with Gasteiger partial charge < -0.3 is 5.32 Å². The molecule has 0 aliphatic carbocycles. The second-order valence-electron chi connectivity index (χ2n) is 4.33. The van der Waals surface area contributed by atoms with E-state index in [1.807, 2.05) is 18.4 Å². The van der Waals surface area contributed by atoms with Gasteiger partial charge in [0.15, 0.2) is 0 Å². The molecule has 2 aromatic rings. The summed E-state index contributed by atoms with van der Waals surface area (Å²) < 4.78 is 13.6. The topological polar surface area (TPSA) is 72.2 Å². The Balaban J connectivity index is 2.13. The fourth-order valence-electron chi connectivity index (χ4n) is 1.89. The average molecular weight is 308 g/mol. The van der Waals surface area contributed by atoms with E-state index in [4.69, 9.17) is 0 Å². The van der Waals surface area contributed by atoms with Gasteiger partial charge in [0.05, 0.1) is 17.0 Å². The van der Waals surface area contributed by atoms with Crippen molar-refractivity contribution in [3.05, 3.63) is 61.6 Å². The third kappa shape index (κ3) is 3.43. The number of aryl methyl sites for hydroxylation is 1. The van der Waals surface area contributed by atoms with Crippen molar-refractivity contribution < 1.29 is 14.1 Å². The molecule has 0 saturated carbocycles. The molecule has 0 fully saturated rings. The first-order valence-electron chi connectivity index (χ1n) is 6.30. The maximum absolute atomic E-state index is 13.6. The maximum atomic E-state index is 13.6. The molecule has 1 aromatic carbocycles. The highest BCUT2D eigenvalue weighted by Gasteiger charge is 2.17. The molecule has 7 heteroatoms. The van der Waals surface area contributed by atoms with E-state index in [1.165, 1.54) is 11.3 Å². The summed E-state index contributed by atoms with van der Waals surface area (Å²) in [5.41, 5.74) is 0.491. The zero-order valence-corrected chi connectivity index (χ0v) is 12.1. The number of nitro groups is 1. The molecule has 1 N–H and O–H groups in total. The summed E-state index contributed by atoms with van der Waals surface area (Å²) in [6, 6.07) is 4.87. The number of nitro benzene ring substituents is 1. The lowest BCUT2D eigenvalue weighted by molar-refractivity contribution is -0.384. The average Bonchev–Trinajstić information content (AvgIpc) is 2.92. The van der Waals surface area contributed by atoms with E-state index in [0.717, 1.165) is 35.1 Å². The van der Waals surface area contributed by atoms with E-state index in [2.05, 4.69) is 5.32 Å². The van der Waals surface area contributed by atoms with Crippen LogP contribution in [0.1, 0.15) is 27.7 Å². The first-order chi connectivity index (χ1) is 10.0. The van der Waals surface area contributed by atoms with Gasteiger partial charge in [-0.05, 0) is 29.5 Å². The highest BCUT2D eigenvalue weighted by molar-refractivity contribution is 7.10. The van der Waals surface area contributed by atoms with Crippen LogP contribution in [0.4, 0.5) is 10.1 Å². The summed E-state index contributed by atoms with van der Waals surface area (Å²) >= 11 is 1.51. The second-order valence-corrected chi connectivity index (χ2v) is 5.33. The molecule has 0 unspecified atom stereocenters. The minimum Gasteiger partial charge on any atom is -0.347 e. The molecule has 0 radical (unpaired) electrons. The van der Waals surface area contributed by atoms with Crippen LogP contribution in [0.2, 0.25) is 0 Å². The van der Waals surface area contributed by atoms with Crippen LogP contribution in [-0.2, 0) is 13.0 Å². The monoisotopic (exact) mass is 308 g/mol. The van der Waals surface area contributed by atoms with Crippen LogP contribution in [-0.4, -0.2) is 10.8 Å². The number of thiophene rings is 1. The number of nitrogens with zero attached hydrogens (tertiary/aromatic N) is 1. The quantitative estimate of drug-likeness (QED) is 0.680. The number of hydrogen-bond donors (Lipinski definition) is 1. The highest BCUT2D eigenvalue weighted by Crippen LogP contribution is 2.19. The number of carbonyl (C=O) groups is 1. The molecule has 1 aromatic heterocycles. The number of amides is 1. The number of non-ortho nitro benzene ring substituents is 1. The Morgan fingerprint density at radius 1 is 1.43 bits per heavy atom. The van der Waals surface area contributed by atoms with Crippen molar-refractivity contribution in [1.29, 1.82) is 0 Å². The van der Waals surface area contributed by atoms with E-state index in [-0.39, 0.29) is 17.8 Å². The zero-order valence-electron chi connectivity index (χ0n) is 11.3. The molecule has 5 nitrogen and oxygen atoms in total. The van der Waals surface area contributed by atoms with Crippen molar-refractivity contribution in [3.63, 3.8) is 0 Å². The zero-order chi connectivity index (χ0) is 15.4. The largest absolute Gasteiger partial charge is 0.347 e. The van der Waals surface area contributed by atoms with Crippen LogP contribution in [0.25, 0.3) is 0 Å². The van der Waals surface area contributed by atoms with Gasteiger partial charge in [-0.15, -0.1) is 11.3 Å². The van der Waals surface area contributed by atoms with Crippen LogP contribution in [0.5, 0.6) is 0 Å². The molecule has 0 atom stereocenters. The number of halogens is 1. The molecule has 0 saturated heterocycles. The molecule has 0 bridgehead atoms. The molecule has 21 heavy (non-hydrogen) atoms. The Labute approximate surface area is 124 Å². The Kier molecular flexibility index (Phi) is 4.64. The summed E-state index contributed by atoms with van der Waals surface area (Å²) in [4.78, 5) is 23.0. The van der Waals surface area contributed by atoms with E-state index in [1.54, 1.807) is 0 Å². The lowest BCUT2D eigenvalue weighted by Gasteiger charge is -2.06. The van der Waals surface area contributed by atoms with Crippen LogP contribution >= 0.6 is 11.3 Å². The molecule has 110 valence electrons. The second kappa shape index (κ2) is 6.45. The first-order valence-corrected chi connectivity index (χ1v) is 7.18. The van der Waals surface area contributed by atoms with Gasteiger partial charge in [0, 0.05) is 17.0 Å². The highest BCUT2D eigenvalue weighted by atomic mass is 32.1. The number of nitrogens with one attached hydrogen (secondary N) is 1. The SMILES string of the molecule is CCc1ccsc1CNC(=O)c1cc([N+](=O)[O-])ccc1F. The number of rotatable bonds is 5. The minimum atomic E-state index is -0.778. The first kappa shape index (κ1) is 15.1. The van der Waals surface area contributed by atoms with E-state index in [9.17, 15) is 19.3 Å². The van der Waals surface area contributed by atoms with Crippen LogP contribution in [0, 0.1) is 15.9 Å². The minimum absolute atomic E-state index is 0.280. The van der Waals surface area contributed by atoms with Gasteiger partial charge in [-0.3, -0.25) is 14.9 Å². The van der Waals surface area contributed by atoms with Gasteiger partial charge in [-0.1, -0.05) is 6.92 Å². The van der Waals surface area contributed by atoms with Crippen molar-refractivity contribution in [2.45, 2.75) is 19.9 Å². The van der Waals surface area contributed by atoms with Crippen molar-refractivity contribution in [2.24, 2.45) is 0 Å². The molecular formula is C14H13FN2O3S. The van der Waals surface area contributed by atoms with E-state index < -0.39 is 16.6 Å². The van der Waals surface area contributed by atoms with Crippen molar-refractivity contribution in [2.75, 3.05) is 0 Å². The van der Waals surface area contributed by atoms with Crippen molar-refractivity contribution >= 4 is 22.9 Å². The van der Waals surface area contributed by atoms with Crippen LogP contribution in [0.3, 0.4) is 0 Å². The fourth-order valence-corrected chi connectivity index (χ4v) is 2.81. The van der Waals surface area contributed by atoms with Crippen LogP contribution in [0.15, 0.2) is 29.6 Å². The fraction of sp³-hybridized carbons (Fsp3) is 0.214. The molecular weight excluding hydrogens is 295 g/mol. The summed E-state index contributed by atoms with van der Waals surface area (Å²) in [7, 11) is 0. The predicted molar refractivity (Wildman–Crippen MR) is 77.9 cm³/mol. The van der Waals surface area contributed by atoms with E-state index >= 15 is 0 Å². The van der Waals surface area contributed by atoms with Gasteiger partial charge in [0.25, 0.3) is 11.6 Å². The Morgan fingerprint density at radius 3 is 2.86 bits per heavy atom. The normalized spacial score (nSPS) is 10.4. The standard InChI is InChI=1S/C14H13FN2O3S/c1-2-9-5-6-21-13(9)8-16-14(18)11-7-10(17(19)20)3-4-12(11)15/h3-7H,2,8H2,1H3,(H,16,18). The third-order valence-corrected chi connectivity index (χ3v) is 4.00. The molecule has 0 aliphatic heterocycles. The lowest BCUT2D eigenvalue weighted by Crippen LogP contribution is -2.24. The predicted octanol–water partition coefficient (Wildman–Crippen LogP) is 3.29. The molecule has 0 spiro atoms. The molecule has 1 amide bonds. The number of benzene rings is 1. The molecule has 0 aliphatic rings. The van der Waals surface area contributed by atoms with Crippen LogP contribution < -0.4 is 5.32 Å². The summed E-state index contributed by atoms with van der Waals surface area (Å²) in [6.07, 6.45) is 0.847.